The number of aliphatic hydroxyl groups is 1. The number of urea groups is 1. The highest BCUT2D eigenvalue weighted by Crippen LogP contribution is 2.23. The fourth-order valence-electron chi connectivity index (χ4n) is 2.01. The van der Waals surface area contributed by atoms with Crippen molar-refractivity contribution < 1.29 is 14.6 Å². The van der Waals surface area contributed by atoms with E-state index in [9.17, 15) is 9.90 Å². The zero-order valence-corrected chi connectivity index (χ0v) is 12.4. The summed E-state index contributed by atoms with van der Waals surface area (Å²) < 4.78 is 5.45. The molecule has 0 heterocycles. The number of nitrogens with one attached hydrogen (secondary N) is 2. The van der Waals surface area contributed by atoms with Crippen molar-refractivity contribution in [3.05, 3.63) is 24.3 Å². The number of ether oxygens (including phenoxy) is 1. The number of hydrogen-bond acceptors (Lipinski definition) is 3. The molecule has 5 nitrogen and oxygen atoms in total. The van der Waals surface area contributed by atoms with Gasteiger partial charge < -0.3 is 20.5 Å². The molecule has 0 aliphatic rings. The maximum absolute atomic E-state index is 12.0. The molecule has 0 spiro atoms. The van der Waals surface area contributed by atoms with Gasteiger partial charge in [-0.3, -0.25) is 0 Å². The van der Waals surface area contributed by atoms with Crippen LogP contribution in [0.1, 0.15) is 33.6 Å². The number of benzene rings is 1. The largest absolute Gasteiger partial charge is 0.492 e. The molecular formula is C15H24N2O3. The monoisotopic (exact) mass is 280 g/mol. The molecule has 0 radical (unpaired) electrons. The van der Waals surface area contributed by atoms with E-state index in [2.05, 4.69) is 10.6 Å². The van der Waals surface area contributed by atoms with Crippen LogP contribution in [0.25, 0.3) is 0 Å². The van der Waals surface area contributed by atoms with Gasteiger partial charge in [0, 0.05) is 0 Å². The second-order valence-corrected chi connectivity index (χ2v) is 4.98. The van der Waals surface area contributed by atoms with Gasteiger partial charge in [-0.05, 0) is 32.4 Å². The van der Waals surface area contributed by atoms with Crippen LogP contribution < -0.4 is 15.4 Å². The molecule has 1 unspecified atom stereocenters. The first-order valence-electron chi connectivity index (χ1n) is 6.96. The third kappa shape index (κ3) is 4.74. The second-order valence-electron chi connectivity index (χ2n) is 4.98. The molecule has 0 aromatic heterocycles. The molecule has 1 atom stereocenters. The third-order valence-electron chi connectivity index (χ3n) is 3.00. The predicted molar refractivity (Wildman–Crippen MR) is 80.2 cm³/mol. The maximum atomic E-state index is 12.0. The standard InChI is InChI=1S/C15H24N2O3/c1-4-10-15(3,11-18)17-14(19)16-12-8-6-7-9-13(12)20-5-2/h6-9,18H,4-5,10-11H2,1-3H3,(H2,16,17,19). The third-order valence-corrected chi connectivity index (χ3v) is 3.00. The van der Waals surface area contributed by atoms with Gasteiger partial charge in [0.15, 0.2) is 0 Å². The Morgan fingerprint density at radius 2 is 2.05 bits per heavy atom. The average molecular weight is 280 g/mol. The maximum Gasteiger partial charge on any atom is 0.319 e. The van der Waals surface area contributed by atoms with E-state index >= 15 is 0 Å². The first kappa shape index (κ1) is 16.3. The minimum absolute atomic E-state index is 0.0959. The van der Waals surface area contributed by atoms with Crippen LogP contribution in [-0.4, -0.2) is 29.9 Å². The topological polar surface area (TPSA) is 70.6 Å². The van der Waals surface area contributed by atoms with Gasteiger partial charge in [-0.2, -0.15) is 0 Å². The fraction of sp³-hybridized carbons (Fsp3) is 0.533. The Labute approximate surface area is 120 Å². The normalized spacial score (nSPS) is 13.4. The summed E-state index contributed by atoms with van der Waals surface area (Å²) >= 11 is 0. The van der Waals surface area contributed by atoms with E-state index in [0.29, 0.717) is 24.5 Å². The van der Waals surface area contributed by atoms with Gasteiger partial charge in [0.2, 0.25) is 0 Å². The van der Waals surface area contributed by atoms with Gasteiger partial charge in [0.25, 0.3) is 0 Å². The number of para-hydroxylation sites is 2. The van der Waals surface area contributed by atoms with Crippen LogP contribution in [0.5, 0.6) is 5.75 Å². The van der Waals surface area contributed by atoms with Crippen LogP contribution in [0, 0.1) is 0 Å². The molecule has 1 rings (SSSR count). The van der Waals surface area contributed by atoms with Crippen molar-refractivity contribution in [1.29, 1.82) is 0 Å². The fourth-order valence-corrected chi connectivity index (χ4v) is 2.01. The minimum Gasteiger partial charge on any atom is -0.492 e. The lowest BCUT2D eigenvalue weighted by atomic mass is 9.98. The predicted octanol–water partition coefficient (Wildman–Crippen LogP) is 2.76. The quantitative estimate of drug-likeness (QED) is 0.719. The van der Waals surface area contributed by atoms with E-state index < -0.39 is 5.54 Å². The zero-order valence-electron chi connectivity index (χ0n) is 12.4. The van der Waals surface area contributed by atoms with Crippen LogP contribution in [0.4, 0.5) is 10.5 Å². The van der Waals surface area contributed by atoms with Crippen LogP contribution in [0.2, 0.25) is 0 Å². The number of carbonyl (C=O) groups excluding carboxylic acids is 1. The molecule has 0 aliphatic heterocycles. The molecule has 20 heavy (non-hydrogen) atoms. The summed E-state index contributed by atoms with van der Waals surface area (Å²) in [5, 5.41) is 15.0. The van der Waals surface area contributed by atoms with E-state index in [-0.39, 0.29) is 12.6 Å². The number of aliphatic hydroxyl groups excluding tert-OH is 1. The summed E-state index contributed by atoms with van der Waals surface area (Å²) in [5.41, 5.74) is 0.00276. The number of carbonyl (C=O) groups is 1. The molecule has 3 N–H and O–H groups in total. The first-order chi connectivity index (χ1) is 9.54. The molecule has 2 amide bonds. The number of rotatable bonds is 7. The van der Waals surface area contributed by atoms with Gasteiger partial charge in [-0.15, -0.1) is 0 Å². The van der Waals surface area contributed by atoms with Crippen molar-refractivity contribution in [1.82, 2.24) is 5.32 Å². The Hall–Kier alpha value is -1.75. The lowest BCUT2D eigenvalue weighted by molar-refractivity contribution is 0.167. The Balaban J connectivity index is 2.71. The van der Waals surface area contributed by atoms with E-state index in [0.717, 1.165) is 6.42 Å². The Bertz CT molecular complexity index is 437. The molecule has 0 saturated carbocycles. The highest BCUT2D eigenvalue weighted by Gasteiger charge is 2.24. The summed E-state index contributed by atoms with van der Waals surface area (Å²) in [4.78, 5) is 12.0. The minimum atomic E-state index is -0.612. The molecule has 0 fully saturated rings. The summed E-state index contributed by atoms with van der Waals surface area (Å²) in [6.07, 6.45) is 1.59. The summed E-state index contributed by atoms with van der Waals surface area (Å²) in [6, 6.07) is 6.91. The van der Waals surface area contributed by atoms with Gasteiger partial charge in [0.05, 0.1) is 24.4 Å². The van der Waals surface area contributed by atoms with Gasteiger partial charge in [-0.1, -0.05) is 25.5 Å². The van der Waals surface area contributed by atoms with Crippen molar-refractivity contribution in [3.63, 3.8) is 0 Å². The second kappa shape index (κ2) is 7.75. The molecular weight excluding hydrogens is 256 g/mol. The lowest BCUT2D eigenvalue weighted by Gasteiger charge is -2.28. The Morgan fingerprint density at radius 3 is 2.65 bits per heavy atom. The summed E-state index contributed by atoms with van der Waals surface area (Å²) in [7, 11) is 0. The van der Waals surface area contributed by atoms with Crippen molar-refractivity contribution in [2.75, 3.05) is 18.5 Å². The number of anilines is 1. The van der Waals surface area contributed by atoms with Crippen molar-refractivity contribution in [3.8, 4) is 5.75 Å². The molecule has 0 aliphatic carbocycles. The van der Waals surface area contributed by atoms with E-state index in [1.54, 1.807) is 12.1 Å². The van der Waals surface area contributed by atoms with E-state index in [4.69, 9.17) is 4.74 Å². The van der Waals surface area contributed by atoms with Crippen LogP contribution in [0.15, 0.2) is 24.3 Å². The van der Waals surface area contributed by atoms with Crippen molar-refractivity contribution in [2.45, 2.75) is 39.2 Å². The number of amides is 2. The molecule has 1 aromatic carbocycles. The van der Waals surface area contributed by atoms with E-state index in [1.807, 2.05) is 32.9 Å². The highest BCUT2D eigenvalue weighted by atomic mass is 16.5. The Morgan fingerprint density at radius 1 is 1.35 bits per heavy atom. The zero-order chi connectivity index (χ0) is 15.0. The first-order valence-corrected chi connectivity index (χ1v) is 6.96. The van der Waals surface area contributed by atoms with Crippen molar-refractivity contribution in [2.24, 2.45) is 0 Å². The van der Waals surface area contributed by atoms with Gasteiger partial charge in [0.1, 0.15) is 5.75 Å². The molecule has 5 heteroatoms. The smallest absolute Gasteiger partial charge is 0.319 e. The molecule has 0 saturated heterocycles. The molecule has 1 aromatic rings. The van der Waals surface area contributed by atoms with Crippen LogP contribution >= 0.6 is 0 Å². The van der Waals surface area contributed by atoms with Crippen LogP contribution in [0.3, 0.4) is 0 Å². The highest BCUT2D eigenvalue weighted by molar-refractivity contribution is 5.91. The molecule has 112 valence electrons. The van der Waals surface area contributed by atoms with Crippen molar-refractivity contribution >= 4 is 11.7 Å². The average Bonchev–Trinajstić information content (AvgIpc) is 2.41. The summed E-state index contributed by atoms with van der Waals surface area (Å²) in [6.45, 7) is 6.16. The lowest BCUT2D eigenvalue weighted by Crippen LogP contribution is -2.50. The Kier molecular flexibility index (Phi) is 6.31. The SMILES string of the molecule is CCCC(C)(CO)NC(=O)Nc1ccccc1OCC. The van der Waals surface area contributed by atoms with Gasteiger partial charge in [-0.25, -0.2) is 4.79 Å². The van der Waals surface area contributed by atoms with Gasteiger partial charge >= 0.3 is 6.03 Å². The van der Waals surface area contributed by atoms with Crippen LogP contribution in [-0.2, 0) is 0 Å². The summed E-state index contributed by atoms with van der Waals surface area (Å²) in [5.74, 6) is 0.631. The number of hydrogen-bond donors (Lipinski definition) is 3. The van der Waals surface area contributed by atoms with E-state index in [1.165, 1.54) is 0 Å². The molecule has 0 bridgehead atoms.